The predicted molar refractivity (Wildman–Crippen MR) is 103 cm³/mol. The monoisotopic (exact) mass is 382 g/mol. The fourth-order valence-electron chi connectivity index (χ4n) is 2.80. The summed E-state index contributed by atoms with van der Waals surface area (Å²) in [6, 6.07) is 1.28. The van der Waals surface area contributed by atoms with Gasteiger partial charge in [0.05, 0.1) is 0 Å². The first-order chi connectivity index (χ1) is 11.9. The number of H-pyrrole nitrogens is 1. The molecule has 4 atom stereocenters. The van der Waals surface area contributed by atoms with E-state index in [2.05, 4.69) is 45.4 Å². The van der Waals surface area contributed by atoms with E-state index < -0.39 is 43.6 Å². The molecule has 0 spiro atoms. The van der Waals surface area contributed by atoms with Crippen LogP contribution in [0.4, 0.5) is 0 Å². The Morgan fingerprint density at radius 2 is 2.00 bits per heavy atom. The van der Waals surface area contributed by atoms with E-state index in [1.54, 1.807) is 13.2 Å². The highest BCUT2D eigenvalue weighted by molar-refractivity contribution is 6.74. The van der Waals surface area contributed by atoms with E-state index in [0.717, 1.165) is 0 Å². The van der Waals surface area contributed by atoms with Gasteiger partial charge in [-0.15, -0.1) is 6.58 Å². The molecule has 0 unspecified atom stereocenters. The molecule has 1 saturated heterocycles. The van der Waals surface area contributed by atoms with E-state index in [9.17, 15) is 9.59 Å². The summed E-state index contributed by atoms with van der Waals surface area (Å²) in [5, 5.41) is 0.000277. The van der Waals surface area contributed by atoms with Gasteiger partial charge in [0.25, 0.3) is 5.56 Å². The van der Waals surface area contributed by atoms with Gasteiger partial charge in [0.1, 0.15) is 17.8 Å². The molecule has 1 aliphatic rings. The third-order valence-electron chi connectivity index (χ3n) is 5.55. The van der Waals surface area contributed by atoms with Gasteiger partial charge in [-0.1, -0.05) is 26.8 Å². The maximum absolute atomic E-state index is 12.3. The van der Waals surface area contributed by atoms with Crippen LogP contribution in [0.2, 0.25) is 18.1 Å². The van der Waals surface area contributed by atoms with Gasteiger partial charge in [0, 0.05) is 19.4 Å². The number of hydrogen-bond acceptors (Lipinski definition) is 5. The minimum absolute atomic E-state index is 0.000277. The van der Waals surface area contributed by atoms with Gasteiger partial charge in [-0.05, 0) is 25.1 Å². The molecule has 26 heavy (non-hydrogen) atoms. The highest BCUT2D eigenvalue weighted by Crippen LogP contribution is 2.45. The highest BCUT2D eigenvalue weighted by Gasteiger charge is 2.56. The number of rotatable bonds is 5. The quantitative estimate of drug-likeness (QED) is 0.625. The lowest BCUT2D eigenvalue weighted by Gasteiger charge is -2.42. The Balaban J connectivity index is 2.49. The van der Waals surface area contributed by atoms with Crippen LogP contribution < -0.4 is 11.2 Å². The molecule has 1 aromatic rings. The molecule has 0 radical (unpaired) electrons. The fourth-order valence-corrected chi connectivity index (χ4v) is 4.15. The first kappa shape index (κ1) is 20.8. The Labute approximate surface area is 155 Å². The Bertz CT molecular complexity index is 779. The van der Waals surface area contributed by atoms with E-state index in [0.29, 0.717) is 0 Å². The zero-order valence-corrected chi connectivity index (χ0v) is 17.7. The Kier molecular flexibility index (Phi) is 5.54. The summed E-state index contributed by atoms with van der Waals surface area (Å²) in [5.41, 5.74) is -1.85. The number of nitrogens with one attached hydrogen (secondary N) is 1. The van der Waals surface area contributed by atoms with Crippen molar-refractivity contribution in [3.63, 3.8) is 0 Å². The minimum Gasteiger partial charge on any atom is -0.408 e. The average Bonchev–Trinajstić information content (AvgIpc) is 2.78. The van der Waals surface area contributed by atoms with Crippen molar-refractivity contribution >= 4 is 8.32 Å². The van der Waals surface area contributed by atoms with Crippen LogP contribution >= 0.6 is 0 Å². The van der Waals surface area contributed by atoms with Gasteiger partial charge in [0.15, 0.2) is 14.5 Å². The summed E-state index contributed by atoms with van der Waals surface area (Å²) in [6.07, 6.45) is 1.40. The molecule has 1 aliphatic heterocycles. The van der Waals surface area contributed by atoms with Crippen molar-refractivity contribution in [2.75, 3.05) is 7.11 Å². The summed E-state index contributed by atoms with van der Waals surface area (Å²) in [6.45, 7) is 16.6. The summed E-state index contributed by atoms with van der Waals surface area (Å²) < 4.78 is 19.8. The zero-order valence-electron chi connectivity index (χ0n) is 16.7. The molecule has 1 aromatic heterocycles. The average molecular weight is 383 g/mol. The fraction of sp³-hybridized carbons (Fsp3) is 0.667. The number of ether oxygens (including phenoxy) is 2. The molecule has 0 aliphatic carbocycles. The zero-order chi connectivity index (χ0) is 19.9. The van der Waals surface area contributed by atoms with Crippen molar-refractivity contribution in [3.05, 3.63) is 45.8 Å². The third kappa shape index (κ3) is 3.64. The van der Waals surface area contributed by atoms with Gasteiger partial charge >= 0.3 is 5.69 Å². The Morgan fingerprint density at radius 1 is 1.38 bits per heavy atom. The SMILES string of the molecule is C=C[C@]1(C)O[C@@H](n2ccc(=O)[nH]c2=O)[C@@H](OC)[C@@H]1O[Si](C)(C)C(C)(C)C. The molecule has 1 fully saturated rings. The minimum atomic E-state index is -2.14. The van der Waals surface area contributed by atoms with Crippen molar-refractivity contribution < 1.29 is 13.9 Å². The van der Waals surface area contributed by atoms with Crippen molar-refractivity contribution in [1.29, 1.82) is 0 Å². The molecule has 0 saturated carbocycles. The smallest absolute Gasteiger partial charge is 0.330 e. The van der Waals surface area contributed by atoms with Crippen LogP contribution in [0.5, 0.6) is 0 Å². The normalized spacial score (nSPS) is 29.7. The van der Waals surface area contributed by atoms with Gasteiger partial charge in [0.2, 0.25) is 0 Å². The summed E-state index contributed by atoms with van der Waals surface area (Å²) in [5.74, 6) is 0. The predicted octanol–water partition coefficient (Wildman–Crippen LogP) is 2.42. The number of nitrogens with zero attached hydrogens (tertiary/aromatic N) is 1. The second-order valence-corrected chi connectivity index (χ2v) is 13.2. The van der Waals surface area contributed by atoms with E-state index >= 15 is 0 Å². The third-order valence-corrected chi connectivity index (χ3v) is 10.0. The molecule has 8 heteroatoms. The first-order valence-corrected chi connectivity index (χ1v) is 11.6. The number of methoxy groups -OCH3 is 1. The summed E-state index contributed by atoms with van der Waals surface area (Å²) in [4.78, 5) is 25.9. The summed E-state index contributed by atoms with van der Waals surface area (Å²) >= 11 is 0. The maximum atomic E-state index is 12.3. The molecular formula is C18H30N2O5Si. The van der Waals surface area contributed by atoms with E-state index in [-0.39, 0.29) is 5.04 Å². The lowest BCUT2D eigenvalue weighted by molar-refractivity contribution is -0.0713. The number of hydrogen-bond donors (Lipinski definition) is 1. The molecule has 146 valence electrons. The van der Waals surface area contributed by atoms with Crippen LogP contribution in [0.3, 0.4) is 0 Å². The van der Waals surface area contributed by atoms with E-state index in [4.69, 9.17) is 13.9 Å². The molecule has 0 amide bonds. The number of aromatic nitrogens is 2. The van der Waals surface area contributed by atoms with Gasteiger partial charge in [-0.3, -0.25) is 14.3 Å². The largest absolute Gasteiger partial charge is 0.408 e. The van der Waals surface area contributed by atoms with Crippen LogP contribution in [-0.4, -0.2) is 42.8 Å². The van der Waals surface area contributed by atoms with Crippen LogP contribution in [0, 0.1) is 0 Å². The van der Waals surface area contributed by atoms with Crippen molar-refractivity contribution in [2.45, 2.75) is 69.9 Å². The van der Waals surface area contributed by atoms with Gasteiger partial charge in [-0.25, -0.2) is 4.79 Å². The van der Waals surface area contributed by atoms with Crippen molar-refractivity contribution in [1.82, 2.24) is 9.55 Å². The Hall–Kier alpha value is -1.48. The van der Waals surface area contributed by atoms with Crippen LogP contribution in [-0.2, 0) is 13.9 Å². The van der Waals surface area contributed by atoms with E-state index in [1.807, 2.05) is 6.92 Å². The highest BCUT2D eigenvalue weighted by atomic mass is 28.4. The van der Waals surface area contributed by atoms with Crippen molar-refractivity contribution in [3.8, 4) is 0 Å². The molecule has 2 heterocycles. The lowest BCUT2D eigenvalue weighted by atomic mass is 9.97. The van der Waals surface area contributed by atoms with Crippen LogP contribution in [0.15, 0.2) is 34.5 Å². The lowest BCUT2D eigenvalue weighted by Crippen LogP contribution is -2.52. The molecule has 0 bridgehead atoms. The molecule has 2 rings (SSSR count). The second-order valence-electron chi connectivity index (χ2n) is 8.41. The Morgan fingerprint density at radius 3 is 2.46 bits per heavy atom. The van der Waals surface area contributed by atoms with Gasteiger partial charge < -0.3 is 13.9 Å². The van der Waals surface area contributed by atoms with E-state index in [1.165, 1.54) is 16.8 Å². The maximum Gasteiger partial charge on any atom is 0.330 e. The van der Waals surface area contributed by atoms with Crippen LogP contribution in [0.1, 0.15) is 33.9 Å². The molecular weight excluding hydrogens is 352 g/mol. The van der Waals surface area contributed by atoms with Gasteiger partial charge in [-0.2, -0.15) is 0 Å². The first-order valence-electron chi connectivity index (χ1n) is 8.70. The van der Waals surface area contributed by atoms with Crippen molar-refractivity contribution in [2.24, 2.45) is 0 Å². The number of aromatic amines is 1. The standard InChI is InChI=1S/C18H30N2O5Si/c1-9-18(5)14(25-26(7,8)17(2,3)4)13(23-6)15(24-18)20-11-10-12(21)19-16(20)22/h9-11,13-15H,1H2,2-8H3,(H,19,21,22)/t13-,14-,15+,18-/m0/s1. The topological polar surface area (TPSA) is 82.6 Å². The molecule has 7 nitrogen and oxygen atoms in total. The second kappa shape index (κ2) is 6.92. The van der Waals surface area contributed by atoms with Crippen LogP contribution in [0.25, 0.3) is 0 Å². The molecule has 0 aromatic carbocycles. The summed E-state index contributed by atoms with van der Waals surface area (Å²) in [7, 11) is -0.575. The molecule has 1 N–H and O–H groups in total.